The highest BCUT2D eigenvalue weighted by Gasteiger charge is 2.21. The Labute approximate surface area is 125 Å². The number of anilines is 1. The molecule has 0 atom stereocenters. The summed E-state index contributed by atoms with van der Waals surface area (Å²) in [4.78, 5) is 27.5. The second kappa shape index (κ2) is 6.39. The highest BCUT2D eigenvalue weighted by molar-refractivity contribution is 5.93. The maximum atomic E-state index is 12.4. The zero-order valence-electron chi connectivity index (χ0n) is 12.7. The molecule has 0 spiro atoms. The van der Waals surface area contributed by atoms with Crippen LogP contribution in [0.4, 0.5) is 5.95 Å². The normalized spacial score (nSPS) is 20.6. The van der Waals surface area contributed by atoms with Crippen LogP contribution in [-0.2, 0) is 0 Å². The third-order valence-corrected chi connectivity index (χ3v) is 4.31. The van der Waals surface area contributed by atoms with Crippen molar-refractivity contribution in [2.45, 2.75) is 19.3 Å². The van der Waals surface area contributed by atoms with Gasteiger partial charge in [0.15, 0.2) is 0 Å². The SMILES string of the molecule is CN1CCN(C(=O)c2cnc(N3CCCCC3)nc2)CC1. The van der Waals surface area contributed by atoms with Crippen LogP contribution < -0.4 is 4.90 Å². The van der Waals surface area contributed by atoms with Gasteiger partial charge in [-0.05, 0) is 26.3 Å². The van der Waals surface area contributed by atoms with E-state index in [4.69, 9.17) is 0 Å². The third-order valence-electron chi connectivity index (χ3n) is 4.31. The van der Waals surface area contributed by atoms with Crippen molar-refractivity contribution in [3.05, 3.63) is 18.0 Å². The molecule has 114 valence electrons. The largest absolute Gasteiger partial charge is 0.341 e. The van der Waals surface area contributed by atoms with Gasteiger partial charge in [-0.2, -0.15) is 0 Å². The van der Waals surface area contributed by atoms with Crippen molar-refractivity contribution in [1.29, 1.82) is 0 Å². The van der Waals surface area contributed by atoms with Crippen molar-refractivity contribution >= 4 is 11.9 Å². The van der Waals surface area contributed by atoms with Gasteiger partial charge in [0.1, 0.15) is 0 Å². The van der Waals surface area contributed by atoms with E-state index >= 15 is 0 Å². The average Bonchev–Trinajstić information content (AvgIpc) is 2.56. The number of hydrogen-bond acceptors (Lipinski definition) is 5. The molecule has 2 aliphatic rings. The summed E-state index contributed by atoms with van der Waals surface area (Å²) < 4.78 is 0. The fourth-order valence-corrected chi connectivity index (χ4v) is 2.88. The molecule has 2 saturated heterocycles. The van der Waals surface area contributed by atoms with E-state index in [1.54, 1.807) is 12.4 Å². The first-order valence-electron chi connectivity index (χ1n) is 7.79. The number of piperidine rings is 1. The highest BCUT2D eigenvalue weighted by Crippen LogP contribution is 2.15. The molecule has 21 heavy (non-hydrogen) atoms. The van der Waals surface area contributed by atoms with Gasteiger partial charge >= 0.3 is 0 Å². The van der Waals surface area contributed by atoms with E-state index in [0.717, 1.165) is 45.2 Å². The molecule has 6 heteroatoms. The minimum atomic E-state index is 0.0493. The number of rotatable bonds is 2. The lowest BCUT2D eigenvalue weighted by Gasteiger charge is -2.32. The van der Waals surface area contributed by atoms with Gasteiger partial charge in [-0.25, -0.2) is 9.97 Å². The van der Waals surface area contributed by atoms with Crippen molar-refractivity contribution in [2.24, 2.45) is 0 Å². The van der Waals surface area contributed by atoms with Crippen LogP contribution in [0.5, 0.6) is 0 Å². The zero-order chi connectivity index (χ0) is 14.7. The Bertz CT molecular complexity index is 475. The summed E-state index contributed by atoms with van der Waals surface area (Å²) in [6.07, 6.45) is 7.04. The summed E-state index contributed by atoms with van der Waals surface area (Å²) >= 11 is 0. The van der Waals surface area contributed by atoms with E-state index in [9.17, 15) is 4.79 Å². The summed E-state index contributed by atoms with van der Waals surface area (Å²) in [7, 11) is 2.08. The van der Waals surface area contributed by atoms with Gasteiger partial charge in [0.2, 0.25) is 5.95 Å². The Balaban J connectivity index is 1.64. The molecule has 2 aliphatic heterocycles. The molecule has 3 rings (SSSR count). The lowest BCUT2D eigenvalue weighted by atomic mass is 10.1. The predicted octanol–water partition coefficient (Wildman–Crippen LogP) is 0.854. The number of nitrogens with zero attached hydrogens (tertiary/aromatic N) is 5. The van der Waals surface area contributed by atoms with Gasteiger partial charge < -0.3 is 14.7 Å². The van der Waals surface area contributed by atoms with Gasteiger partial charge in [-0.1, -0.05) is 0 Å². The van der Waals surface area contributed by atoms with E-state index < -0.39 is 0 Å². The van der Waals surface area contributed by atoms with Crippen LogP contribution in [0.1, 0.15) is 29.6 Å². The Kier molecular flexibility index (Phi) is 4.34. The Morgan fingerprint density at radius 1 is 0.952 bits per heavy atom. The number of hydrogen-bond donors (Lipinski definition) is 0. The summed E-state index contributed by atoms with van der Waals surface area (Å²) in [6.45, 7) is 5.46. The van der Waals surface area contributed by atoms with Crippen LogP contribution >= 0.6 is 0 Å². The molecule has 1 aromatic rings. The fraction of sp³-hybridized carbons (Fsp3) is 0.667. The molecule has 0 saturated carbocycles. The van der Waals surface area contributed by atoms with Gasteiger partial charge in [-0.15, -0.1) is 0 Å². The second-order valence-corrected chi connectivity index (χ2v) is 5.91. The third kappa shape index (κ3) is 3.32. The van der Waals surface area contributed by atoms with Crippen LogP contribution in [0.2, 0.25) is 0 Å². The predicted molar refractivity (Wildman–Crippen MR) is 81.5 cm³/mol. The molecule has 0 radical (unpaired) electrons. The van der Waals surface area contributed by atoms with Crippen molar-refractivity contribution < 1.29 is 4.79 Å². The molecule has 0 bridgehead atoms. The molecule has 3 heterocycles. The van der Waals surface area contributed by atoms with Gasteiger partial charge in [-0.3, -0.25) is 4.79 Å². The monoisotopic (exact) mass is 289 g/mol. The Morgan fingerprint density at radius 2 is 1.57 bits per heavy atom. The Hall–Kier alpha value is -1.69. The van der Waals surface area contributed by atoms with Crippen molar-refractivity contribution in [3.63, 3.8) is 0 Å². The van der Waals surface area contributed by atoms with Crippen LogP contribution in [0.25, 0.3) is 0 Å². The molecule has 0 N–H and O–H groups in total. The van der Waals surface area contributed by atoms with E-state index in [1.165, 1.54) is 19.3 Å². The molecule has 0 aromatic carbocycles. The summed E-state index contributed by atoms with van der Waals surface area (Å²) in [6, 6.07) is 0. The summed E-state index contributed by atoms with van der Waals surface area (Å²) in [5, 5.41) is 0. The molecule has 2 fully saturated rings. The average molecular weight is 289 g/mol. The van der Waals surface area contributed by atoms with Crippen molar-refractivity contribution in [3.8, 4) is 0 Å². The van der Waals surface area contributed by atoms with Crippen LogP contribution in [0, 0.1) is 0 Å². The first kappa shape index (κ1) is 14.3. The van der Waals surface area contributed by atoms with E-state index in [-0.39, 0.29) is 5.91 Å². The lowest BCUT2D eigenvalue weighted by molar-refractivity contribution is 0.0663. The van der Waals surface area contributed by atoms with Gasteiger partial charge in [0.05, 0.1) is 5.56 Å². The highest BCUT2D eigenvalue weighted by atomic mass is 16.2. The maximum Gasteiger partial charge on any atom is 0.257 e. The van der Waals surface area contributed by atoms with Gasteiger partial charge in [0.25, 0.3) is 5.91 Å². The summed E-state index contributed by atoms with van der Waals surface area (Å²) in [5.74, 6) is 0.804. The minimum Gasteiger partial charge on any atom is -0.341 e. The van der Waals surface area contributed by atoms with Crippen LogP contribution in [0.3, 0.4) is 0 Å². The van der Waals surface area contributed by atoms with Crippen molar-refractivity contribution in [2.75, 3.05) is 51.2 Å². The minimum absolute atomic E-state index is 0.0493. The zero-order valence-corrected chi connectivity index (χ0v) is 12.7. The Morgan fingerprint density at radius 3 is 2.19 bits per heavy atom. The number of piperazine rings is 1. The molecule has 0 aliphatic carbocycles. The first-order valence-corrected chi connectivity index (χ1v) is 7.79. The van der Waals surface area contributed by atoms with Crippen LogP contribution in [0.15, 0.2) is 12.4 Å². The first-order chi connectivity index (χ1) is 10.2. The molecular formula is C15H23N5O. The lowest BCUT2D eigenvalue weighted by Crippen LogP contribution is -2.47. The molecule has 1 aromatic heterocycles. The smallest absolute Gasteiger partial charge is 0.257 e. The molecule has 1 amide bonds. The number of aromatic nitrogens is 2. The molecular weight excluding hydrogens is 266 g/mol. The van der Waals surface area contributed by atoms with E-state index in [2.05, 4.69) is 26.8 Å². The molecule has 0 unspecified atom stereocenters. The summed E-state index contributed by atoms with van der Waals surface area (Å²) in [5.41, 5.74) is 0.598. The van der Waals surface area contributed by atoms with Crippen molar-refractivity contribution in [1.82, 2.24) is 19.8 Å². The standard InChI is InChI=1S/C15H23N5O/c1-18-7-9-19(10-8-18)14(21)13-11-16-15(17-12-13)20-5-3-2-4-6-20/h11-12H,2-10H2,1H3. The molecule has 6 nitrogen and oxygen atoms in total. The number of carbonyl (C=O) groups is 1. The van der Waals surface area contributed by atoms with E-state index in [1.807, 2.05) is 4.90 Å². The number of amides is 1. The quantitative estimate of drug-likeness (QED) is 0.808. The number of likely N-dealkylation sites (N-methyl/N-ethyl adjacent to an activating group) is 1. The van der Waals surface area contributed by atoms with E-state index in [0.29, 0.717) is 5.56 Å². The van der Waals surface area contributed by atoms with Gasteiger partial charge in [0, 0.05) is 51.7 Å². The topological polar surface area (TPSA) is 52.6 Å². The van der Waals surface area contributed by atoms with Crippen LogP contribution in [-0.4, -0.2) is 72.0 Å². The second-order valence-electron chi connectivity index (χ2n) is 5.91. The maximum absolute atomic E-state index is 12.4. The fourth-order valence-electron chi connectivity index (χ4n) is 2.88. The number of carbonyl (C=O) groups excluding carboxylic acids is 1.